The van der Waals surface area contributed by atoms with Gasteiger partial charge in [-0.1, -0.05) is 60.2 Å². The molecule has 0 fully saturated rings. The van der Waals surface area contributed by atoms with Gasteiger partial charge in [0.25, 0.3) is 0 Å². The van der Waals surface area contributed by atoms with E-state index in [2.05, 4.69) is 86.3 Å². The molecule has 1 unspecified atom stereocenters. The molecule has 3 heteroatoms. The van der Waals surface area contributed by atoms with Crippen molar-refractivity contribution in [1.82, 2.24) is 4.90 Å². The molecule has 30 heavy (non-hydrogen) atoms. The van der Waals surface area contributed by atoms with E-state index < -0.39 is 0 Å². The number of benzene rings is 3. The SMILES string of the molecule is COc1cc(OC)c2c(c1-c1ccc(C)cc1)CC(C)N(Cc1ccccc1)[C@H]2C. The third kappa shape index (κ3) is 3.70. The van der Waals surface area contributed by atoms with Crippen molar-refractivity contribution in [3.05, 3.63) is 82.9 Å². The van der Waals surface area contributed by atoms with Gasteiger partial charge in [0.1, 0.15) is 11.5 Å². The Bertz CT molecular complexity index is 1010. The lowest BCUT2D eigenvalue weighted by Crippen LogP contribution is -2.41. The second-order valence-electron chi connectivity index (χ2n) is 8.30. The fraction of sp³-hybridized carbons (Fsp3) is 0.333. The lowest BCUT2D eigenvalue weighted by molar-refractivity contribution is 0.126. The zero-order valence-corrected chi connectivity index (χ0v) is 18.6. The predicted molar refractivity (Wildman–Crippen MR) is 123 cm³/mol. The minimum atomic E-state index is 0.244. The second-order valence-corrected chi connectivity index (χ2v) is 8.30. The van der Waals surface area contributed by atoms with Crippen molar-refractivity contribution in [1.29, 1.82) is 0 Å². The van der Waals surface area contributed by atoms with Crippen LogP contribution >= 0.6 is 0 Å². The maximum absolute atomic E-state index is 5.86. The highest BCUT2D eigenvalue weighted by molar-refractivity contribution is 5.78. The highest BCUT2D eigenvalue weighted by atomic mass is 16.5. The van der Waals surface area contributed by atoms with Gasteiger partial charge in [-0.2, -0.15) is 0 Å². The molecule has 0 amide bonds. The second kappa shape index (κ2) is 8.53. The monoisotopic (exact) mass is 401 g/mol. The molecular formula is C27H31NO2. The number of hydrogen-bond donors (Lipinski definition) is 0. The largest absolute Gasteiger partial charge is 0.496 e. The summed E-state index contributed by atoms with van der Waals surface area (Å²) >= 11 is 0. The summed E-state index contributed by atoms with van der Waals surface area (Å²) in [5, 5.41) is 0. The fourth-order valence-corrected chi connectivity index (χ4v) is 4.78. The van der Waals surface area contributed by atoms with Gasteiger partial charge >= 0.3 is 0 Å². The Morgan fingerprint density at radius 2 is 1.57 bits per heavy atom. The summed E-state index contributed by atoms with van der Waals surface area (Å²) in [5.41, 5.74) is 7.63. The minimum Gasteiger partial charge on any atom is -0.496 e. The van der Waals surface area contributed by atoms with Crippen LogP contribution in [0.25, 0.3) is 11.1 Å². The number of rotatable bonds is 5. The molecular weight excluding hydrogens is 370 g/mol. The van der Waals surface area contributed by atoms with Crippen molar-refractivity contribution in [2.45, 2.75) is 45.8 Å². The zero-order chi connectivity index (χ0) is 21.3. The van der Waals surface area contributed by atoms with Gasteiger partial charge in [0.2, 0.25) is 0 Å². The average Bonchev–Trinajstić information content (AvgIpc) is 2.77. The molecule has 1 aliphatic rings. The summed E-state index contributed by atoms with van der Waals surface area (Å²) in [5.74, 6) is 1.79. The van der Waals surface area contributed by atoms with E-state index in [0.717, 1.165) is 24.5 Å². The van der Waals surface area contributed by atoms with Gasteiger partial charge in [-0.25, -0.2) is 0 Å². The Labute approximate surface area is 180 Å². The smallest absolute Gasteiger partial charge is 0.130 e. The first-order valence-corrected chi connectivity index (χ1v) is 10.7. The summed E-state index contributed by atoms with van der Waals surface area (Å²) in [4.78, 5) is 2.57. The minimum absolute atomic E-state index is 0.244. The normalized spacial score (nSPS) is 18.7. The maximum Gasteiger partial charge on any atom is 0.130 e. The van der Waals surface area contributed by atoms with Gasteiger partial charge in [0.05, 0.1) is 14.2 Å². The molecule has 0 aromatic heterocycles. The van der Waals surface area contributed by atoms with Crippen LogP contribution in [0.2, 0.25) is 0 Å². The first-order valence-electron chi connectivity index (χ1n) is 10.7. The molecule has 1 heterocycles. The highest BCUT2D eigenvalue weighted by Gasteiger charge is 2.35. The van der Waals surface area contributed by atoms with E-state index in [1.807, 2.05) is 0 Å². The fourth-order valence-electron chi connectivity index (χ4n) is 4.78. The van der Waals surface area contributed by atoms with Crippen molar-refractivity contribution in [2.75, 3.05) is 14.2 Å². The van der Waals surface area contributed by atoms with Crippen LogP contribution in [-0.4, -0.2) is 25.2 Å². The van der Waals surface area contributed by atoms with Crippen molar-refractivity contribution < 1.29 is 9.47 Å². The van der Waals surface area contributed by atoms with E-state index in [9.17, 15) is 0 Å². The van der Waals surface area contributed by atoms with E-state index in [0.29, 0.717) is 6.04 Å². The van der Waals surface area contributed by atoms with E-state index in [1.165, 1.54) is 33.4 Å². The van der Waals surface area contributed by atoms with Crippen LogP contribution in [0, 0.1) is 6.92 Å². The van der Waals surface area contributed by atoms with Crippen LogP contribution in [0.4, 0.5) is 0 Å². The number of nitrogens with zero attached hydrogens (tertiary/aromatic N) is 1. The molecule has 2 atom stereocenters. The third-order valence-electron chi connectivity index (χ3n) is 6.37. The molecule has 0 aliphatic carbocycles. The molecule has 0 saturated heterocycles. The predicted octanol–water partition coefficient (Wildman–Crippen LogP) is 6.19. The first kappa shape index (κ1) is 20.5. The molecule has 0 spiro atoms. The quantitative estimate of drug-likeness (QED) is 0.509. The first-order chi connectivity index (χ1) is 14.5. The summed E-state index contributed by atoms with van der Waals surface area (Å²) in [6.45, 7) is 7.67. The van der Waals surface area contributed by atoms with E-state index in [1.54, 1.807) is 14.2 Å². The van der Waals surface area contributed by atoms with Crippen molar-refractivity contribution in [3.8, 4) is 22.6 Å². The van der Waals surface area contributed by atoms with Crippen LogP contribution in [0.3, 0.4) is 0 Å². The van der Waals surface area contributed by atoms with Crippen LogP contribution in [0.5, 0.6) is 11.5 Å². The number of ether oxygens (including phenoxy) is 2. The summed E-state index contributed by atoms with van der Waals surface area (Å²) in [7, 11) is 3.50. The van der Waals surface area contributed by atoms with Gasteiger partial charge in [-0.3, -0.25) is 4.90 Å². The average molecular weight is 402 g/mol. The maximum atomic E-state index is 5.86. The molecule has 3 nitrogen and oxygen atoms in total. The third-order valence-corrected chi connectivity index (χ3v) is 6.37. The molecule has 3 aromatic carbocycles. The topological polar surface area (TPSA) is 21.7 Å². The molecule has 0 bridgehead atoms. The van der Waals surface area contributed by atoms with E-state index in [-0.39, 0.29) is 6.04 Å². The van der Waals surface area contributed by atoms with E-state index in [4.69, 9.17) is 9.47 Å². The zero-order valence-electron chi connectivity index (χ0n) is 18.6. The van der Waals surface area contributed by atoms with Crippen LogP contribution in [0.15, 0.2) is 60.7 Å². The Balaban J connectivity index is 1.85. The molecule has 0 radical (unpaired) electrons. The van der Waals surface area contributed by atoms with Gasteiger partial charge in [0.15, 0.2) is 0 Å². The number of aryl methyl sites for hydroxylation is 1. The Hall–Kier alpha value is -2.78. The number of hydrogen-bond acceptors (Lipinski definition) is 3. The van der Waals surface area contributed by atoms with Crippen molar-refractivity contribution >= 4 is 0 Å². The molecule has 0 saturated carbocycles. The molecule has 3 aromatic rings. The van der Waals surface area contributed by atoms with Crippen molar-refractivity contribution in [3.63, 3.8) is 0 Å². The molecule has 1 aliphatic heterocycles. The van der Waals surface area contributed by atoms with Crippen molar-refractivity contribution in [2.24, 2.45) is 0 Å². The van der Waals surface area contributed by atoms with Gasteiger partial charge in [0, 0.05) is 35.8 Å². The number of fused-ring (bicyclic) bond motifs is 1. The summed E-state index contributed by atoms with van der Waals surface area (Å²) in [6.07, 6.45) is 0.962. The lowest BCUT2D eigenvalue weighted by Gasteiger charge is -2.42. The Morgan fingerprint density at radius 3 is 2.20 bits per heavy atom. The van der Waals surface area contributed by atoms with E-state index >= 15 is 0 Å². The molecule has 4 rings (SSSR count). The summed E-state index contributed by atoms with van der Waals surface area (Å²) < 4.78 is 11.7. The lowest BCUT2D eigenvalue weighted by atomic mass is 9.82. The van der Waals surface area contributed by atoms with Gasteiger partial charge in [-0.15, -0.1) is 0 Å². The summed E-state index contributed by atoms with van der Waals surface area (Å²) in [6, 6.07) is 22.2. The van der Waals surface area contributed by atoms with Crippen LogP contribution in [-0.2, 0) is 13.0 Å². The Kier molecular flexibility index (Phi) is 5.83. The number of methoxy groups -OCH3 is 2. The Morgan fingerprint density at radius 1 is 0.900 bits per heavy atom. The van der Waals surface area contributed by atoms with Gasteiger partial charge < -0.3 is 9.47 Å². The van der Waals surface area contributed by atoms with Gasteiger partial charge in [-0.05, 0) is 43.9 Å². The standard InChI is InChI=1S/C27H31NO2/c1-18-11-13-22(14-12-18)27-23-15-19(2)28(17-21-9-7-6-8-10-21)20(3)26(23)24(29-4)16-25(27)30-5/h6-14,16,19-20H,15,17H2,1-5H3/t19?,20-/m0/s1. The molecule has 0 N–H and O–H groups in total. The highest BCUT2D eigenvalue weighted by Crippen LogP contribution is 2.48. The molecule has 156 valence electrons. The van der Waals surface area contributed by atoms with Crippen LogP contribution in [0.1, 0.15) is 42.1 Å². The van der Waals surface area contributed by atoms with Crippen LogP contribution < -0.4 is 9.47 Å².